The van der Waals surface area contributed by atoms with Gasteiger partial charge >= 0.3 is 5.97 Å². The lowest BCUT2D eigenvalue weighted by atomic mass is 9.68. The number of carbonyl (C=O) groups is 1. The van der Waals surface area contributed by atoms with E-state index in [-0.39, 0.29) is 19.8 Å². The van der Waals surface area contributed by atoms with Crippen molar-refractivity contribution in [3.63, 3.8) is 0 Å². The first-order valence-corrected chi connectivity index (χ1v) is 16.2. The molecule has 2 aliphatic rings. The minimum absolute atomic E-state index is 0.0739. The Balaban J connectivity index is 1.36. The van der Waals surface area contributed by atoms with E-state index in [1.165, 1.54) is 93.7 Å². The van der Waals surface area contributed by atoms with Crippen LogP contribution in [0, 0.1) is 24.7 Å². The largest absolute Gasteiger partial charge is 0.491 e. The number of hydrogen-bond donors (Lipinski definition) is 1. The number of unbranched alkanes of at least 4 members (excludes halogenated alkanes) is 2. The van der Waals surface area contributed by atoms with Gasteiger partial charge in [-0.05, 0) is 110 Å². The van der Waals surface area contributed by atoms with E-state index in [4.69, 9.17) is 9.47 Å². The van der Waals surface area contributed by atoms with E-state index < -0.39 is 5.97 Å². The summed E-state index contributed by atoms with van der Waals surface area (Å²) < 4.78 is 11.1. The first-order chi connectivity index (χ1) is 19.9. The van der Waals surface area contributed by atoms with Crippen LogP contribution in [0.1, 0.15) is 114 Å². The minimum atomic E-state index is -0.422. The van der Waals surface area contributed by atoms with Gasteiger partial charge in [-0.2, -0.15) is 0 Å². The summed E-state index contributed by atoms with van der Waals surface area (Å²) >= 11 is 0. The van der Waals surface area contributed by atoms with Gasteiger partial charge in [0.15, 0.2) is 0 Å². The average molecular weight is 561 g/mol. The fourth-order valence-corrected chi connectivity index (χ4v) is 7.24. The number of aliphatic hydroxyl groups excluding tert-OH is 1. The first-order valence-electron chi connectivity index (χ1n) is 16.2. The molecule has 2 aliphatic carbocycles. The Kier molecular flexibility index (Phi) is 11.9. The van der Waals surface area contributed by atoms with Crippen LogP contribution >= 0.6 is 0 Å². The summed E-state index contributed by atoms with van der Waals surface area (Å²) in [7, 11) is 0. The molecule has 1 N–H and O–H groups in total. The van der Waals surface area contributed by atoms with Crippen molar-refractivity contribution < 1.29 is 19.4 Å². The van der Waals surface area contributed by atoms with Crippen LogP contribution in [0.2, 0.25) is 0 Å². The number of rotatable bonds is 13. The molecule has 0 bridgehead atoms. The second-order valence-electron chi connectivity index (χ2n) is 12.7. The Bertz CT molecular complexity index is 1140. The van der Waals surface area contributed by atoms with Crippen molar-refractivity contribution in [3.8, 4) is 16.9 Å². The topological polar surface area (TPSA) is 55.8 Å². The molecule has 4 nitrogen and oxygen atoms in total. The Morgan fingerprint density at radius 2 is 1.66 bits per heavy atom. The van der Waals surface area contributed by atoms with Crippen molar-refractivity contribution >= 4 is 5.97 Å². The van der Waals surface area contributed by atoms with Crippen LogP contribution < -0.4 is 4.74 Å². The van der Waals surface area contributed by atoms with Gasteiger partial charge < -0.3 is 14.6 Å². The zero-order valence-electron chi connectivity index (χ0n) is 25.8. The van der Waals surface area contributed by atoms with Gasteiger partial charge in [0.05, 0.1) is 6.61 Å². The van der Waals surface area contributed by atoms with Crippen molar-refractivity contribution in [2.45, 2.75) is 110 Å². The molecule has 2 aromatic rings. The van der Waals surface area contributed by atoms with E-state index in [2.05, 4.69) is 38.6 Å². The van der Waals surface area contributed by atoms with Crippen LogP contribution in [0.3, 0.4) is 0 Å². The Morgan fingerprint density at radius 3 is 2.29 bits per heavy atom. The molecule has 41 heavy (non-hydrogen) atoms. The molecule has 2 aromatic carbocycles. The maximum Gasteiger partial charge on any atom is 0.333 e. The molecule has 4 rings (SSSR count). The molecule has 224 valence electrons. The molecule has 2 fully saturated rings. The highest BCUT2D eigenvalue weighted by Gasteiger charge is 2.31. The Hall–Kier alpha value is -2.59. The zero-order chi connectivity index (χ0) is 29.2. The minimum Gasteiger partial charge on any atom is -0.491 e. The zero-order valence-corrected chi connectivity index (χ0v) is 25.8. The van der Waals surface area contributed by atoms with Gasteiger partial charge in [-0.15, -0.1) is 0 Å². The van der Waals surface area contributed by atoms with E-state index in [1.807, 2.05) is 18.2 Å². The normalized spacial score (nSPS) is 22.7. The quantitative estimate of drug-likeness (QED) is 0.151. The molecule has 0 radical (unpaired) electrons. The SMILES string of the molecule is C=C(C)C(=O)OCc1cc(-c2ccc(C3CCC(C4CCC(CCCCC)CC4)CC3)cc2C)ccc1OCCO. The van der Waals surface area contributed by atoms with Crippen LogP contribution in [0.25, 0.3) is 11.1 Å². The van der Waals surface area contributed by atoms with Crippen LogP contribution in [0.15, 0.2) is 48.6 Å². The number of carbonyl (C=O) groups excluding carboxylic acids is 1. The molecule has 0 amide bonds. The van der Waals surface area contributed by atoms with Crippen LogP contribution in [-0.4, -0.2) is 24.3 Å². The summed E-state index contributed by atoms with van der Waals surface area (Å²) in [6, 6.07) is 12.9. The Labute approximate surface area is 248 Å². The van der Waals surface area contributed by atoms with E-state index in [0.29, 0.717) is 17.2 Å². The summed E-state index contributed by atoms with van der Waals surface area (Å²) in [6.07, 6.45) is 16.9. The molecule has 0 unspecified atom stereocenters. The third-order valence-electron chi connectivity index (χ3n) is 9.70. The second-order valence-corrected chi connectivity index (χ2v) is 12.7. The van der Waals surface area contributed by atoms with E-state index in [9.17, 15) is 9.90 Å². The lowest BCUT2D eigenvalue weighted by Crippen LogP contribution is -2.25. The maximum atomic E-state index is 12.0. The number of aryl methyl sites for hydroxylation is 1. The number of hydrogen-bond acceptors (Lipinski definition) is 4. The van der Waals surface area contributed by atoms with Crippen LogP contribution in [0.5, 0.6) is 5.75 Å². The van der Waals surface area contributed by atoms with Crippen molar-refractivity contribution in [1.82, 2.24) is 0 Å². The van der Waals surface area contributed by atoms with Gasteiger partial charge in [0.1, 0.15) is 19.0 Å². The van der Waals surface area contributed by atoms with Crippen LogP contribution in [-0.2, 0) is 16.1 Å². The van der Waals surface area contributed by atoms with Gasteiger partial charge in [0.2, 0.25) is 0 Å². The number of ether oxygens (including phenoxy) is 2. The van der Waals surface area contributed by atoms with Crippen molar-refractivity contribution in [3.05, 3.63) is 65.2 Å². The smallest absolute Gasteiger partial charge is 0.333 e. The highest BCUT2D eigenvalue weighted by molar-refractivity contribution is 5.87. The van der Waals surface area contributed by atoms with Gasteiger partial charge in [-0.25, -0.2) is 4.79 Å². The molecule has 4 heteroatoms. The molecule has 0 spiro atoms. The third-order valence-corrected chi connectivity index (χ3v) is 9.70. The molecule has 2 saturated carbocycles. The standard InChI is InChI=1S/C37H52O4/c1-5-6-7-8-28-9-11-29(12-10-28)30-13-15-31(16-14-30)32-17-19-35(27(4)23-32)33-18-20-36(40-22-21-38)34(24-33)25-41-37(39)26(2)3/h17-20,23-24,28-31,38H,2,5-16,21-22,25H2,1,3-4H3. The van der Waals surface area contributed by atoms with E-state index in [1.54, 1.807) is 6.92 Å². The summed E-state index contributed by atoms with van der Waals surface area (Å²) in [5.41, 5.74) is 6.13. The molecular weight excluding hydrogens is 508 g/mol. The van der Waals surface area contributed by atoms with Gasteiger partial charge in [-0.3, -0.25) is 0 Å². The molecular formula is C37H52O4. The lowest BCUT2D eigenvalue weighted by Gasteiger charge is -2.38. The second kappa shape index (κ2) is 15.6. The summed E-state index contributed by atoms with van der Waals surface area (Å²) in [6.45, 7) is 10.0. The average Bonchev–Trinajstić information content (AvgIpc) is 2.99. The van der Waals surface area contributed by atoms with Crippen molar-refractivity contribution in [1.29, 1.82) is 0 Å². The van der Waals surface area contributed by atoms with Crippen molar-refractivity contribution in [2.75, 3.05) is 13.2 Å². The maximum absolute atomic E-state index is 12.0. The molecule has 0 atom stereocenters. The predicted octanol–water partition coefficient (Wildman–Crippen LogP) is 9.31. The summed E-state index contributed by atoms with van der Waals surface area (Å²) in [4.78, 5) is 12.0. The fourth-order valence-electron chi connectivity index (χ4n) is 7.24. The van der Waals surface area contributed by atoms with Crippen molar-refractivity contribution in [2.24, 2.45) is 17.8 Å². The highest BCUT2D eigenvalue weighted by Crippen LogP contribution is 2.45. The number of aliphatic hydroxyl groups is 1. The highest BCUT2D eigenvalue weighted by atomic mass is 16.5. The Morgan fingerprint density at radius 1 is 0.951 bits per heavy atom. The fraction of sp³-hybridized carbons (Fsp3) is 0.595. The number of benzene rings is 2. The lowest BCUT2D eigenvalue weighted by molar-refractivity contribution is -0.140. The number of esters is 1. The monoisotopic (exact) mass is 560 g/mol. The van der Waals surface area contributed by atoms with E-state index in [0.717, 1.165) is 28.9 Å². The molecule has 0 saturated heterocycles. The van der Waals surface area contributed by atoms with E-state index >= 15 is 0 Å². The summed E-state index contributed by atoms with van der Waals surface area (Å²) in [5.74, 6) is 3.77. The third kappa shape index (κ3) is 8.70. The van der Waals surface area contributed by atoms with Gasteiger partial charge in [0, 0.05) is 11.1 Å². The molecule has 0 aromatic heterocycles. The predicted molar refractivity (Wildman–Crippen MR) is 168 cm³/mol. The van der Waals surface area contributed by atoms with Crippen LogP contribution in [0.4, 0.5) is 0 Å². The molecule has 0 heterocycles. The molecule has 0 aliphatic heterocycles. The first kappa shape index (κ1) is 31.3. The van der Waals surface area contributed by atoms with Gasteiger partial charge in [-0.1, -0.05) is 76.3 Å². The van der Waals surface area contributed by atoms with Gasteiger partial charge in [0.25, 0.3) is 0 Å². The summed E-state index contributed by atoms with van der Waals surface area (Å²) in [5, 5.41) is 9.21.